The first kappa shape index (κ1) is 13.1. The van der Waals surface area contributed by atoms with Crippen LogP contribution in [0, 0.1) is 0 Å². The topological polar surface area (TPSA) is 62.7 Å². The highest BCUT2D eigenvalue weighted by molar-refractivity contribution is 6.29. The number of hydrogen-bond donors (Lipinski definition) is 1. The summed E-state index contributed by atoms with van der Waals surface area (Å²) in [7, 11) is 0. The average molecular weight is 271 g/mol. The number of carbonyl (C=O) groups is 1. The van der Waals surface area contributed by atoms with Crippen LogP contribution in [-0.4, -0.2) is 41.9 Å². The van der Waals surface area contributed by atoms with E-state index in [1.54, 1.807) is 0 Å². The van der Waals surface area contributed by atoms with E-state index in [-0.39, 0.29) is 11.7 Å². The van der Waals surface area contributed by atoms with Crippen molar-refractivity contribution in [3.63, 3.8) is 0 Å². The lowest BCUT2D eigenvalue weighted by molar-refractivity contribution is 0.0696. The van der Waals surface area contributed by atoms with Gasteiger partial charge in [-0.15, -0.1) is 0 Å². The van der Waals surface area contributed by atoms with Gasteiger partial charge in [0.2, 0.25) is 0 Å². The fraction of sp³-hybridized carbons (Fsp3) is 0.500. The molecule has 5 nitrogen and oxygen atoms in total. The molecule has 1 aliphatic heterocycles. The Morgan fingerprint density at radius 1 is 1.61 bits per heavy atom. The molecule has 98 valence electrons. The first-order valence-electron chi connectivity index (χ1n) is 5.84. The molecule has 1 aliphatic rings. The monoisotopic (exact) mass is 270 g/mol. The Balaban J connectivity index is 2.35. The summed E-state index contributed by atoms with van der Waals surface area (Å²) in [5.41, 5.74) is 0.175. The molecule has 2 heterocycles. The number of halogens is 1. The number of carboxylic acid groups (broad SMARTS) is 1. The molecule has 0 bridgehead atoms. The predicted octanol–water partition coefficient (Wildman–Crippen LogP) is 2.05. The molecule has 0 amide bonds. The third-order valence-electron chi connectivity index (χ3n) is 2.82. The molecule has 0 aliphatic carbocycles. The molecule has 18 heavy (non-hydrogen) atoms. The molecule has 0 radical (unpaired) electrons. The zero-order chi connectivity index (χ0) is 13.1. The quantitative estimate of drug-likeness (QED) is 0.834. The molecule has 6 heteroatoms. The van der Waals surface area contributed by atoms with E-state index in [2.05, 4.69) is 4.98 Å². The van der Waals surface area contributed by atoms with Crippen molar-refractivity contribution in [3.8, 4) is 0 Å². The van der Waals surface area contributed by atoms with E-state index >= 15 is 0 Å². The van der Waals surface area contributed by atoms with Crippen LogP contribution in [0.5, 0.6) is 0 Å². The van der Waals surface area contributed by atoms with Crippen LogP contribution in [0.2, 0.25) is 5.15 Å². The first-order valence-corrected chi connectivity index (χ1v) is 6.22. The normalized spacial score (nSPS) is 20.6. The maximum Gasteiger partial charge on any atom is 0.339 e. The Bertz CT molecular complexity index is 453. The number of anilines is 1. The molecule has 1 aromatic heterocycles. The van der Waals surface area contributed by atoms with E-state index in [4.69, 9.17) is 16.3 Å². The molecule has 0 aromatic carbocycles. The third-order valence-corrected chi connectivity index (χ3v) is 3.03. The summed E-state index contributed by atoms with van der Waals surface area (Å²) < 4.78 is 5.54. The summed E-state index contributed by atoms with van der Waals surface area (Å²) >= 11 is 5.86. The van der Waals surface area contributed by atoms with Crippen LogP contribution in [0.1, 0.15) is 23.7 Å². The number of pyridine rings is 1. The van der Waals surface area contributed by atoms with Crippen LogP contribution >= 0.6 is 11.6 Å². The zero-order valence-electron chi connectivity index (χ0n) is 10.1. The number of aromatic nitrogens is 1. The van der Waals surface area contributed by atoms with Gasteiger partial charge in [0.15, 0.2) is 0 Å². The minimum Gasteiger partial charge on any atom is -0.478 e. The van der Waals surface area contributed by atoms with Crippen LogP contribution in [0.15, 0.2) is 12.1 Å². The van der Waals surface area contributed by atoms with Gasteiger partial charge in [-0.25, -0.2) is 9.78 Å². The lowest BCUT2D eigenvalue weighted by Gasteiger charge is -2.24. The maximum atomic E-state index is 11.2. The Labute approximate surface area is 110 Å². The summed E-state index contributed by atoms with van der Waals surface area (Å²) in [6.07, 6.45) is 0.896. The van der Waals surface area contributed by atoms with Crippen LogP contribution in [0.25, 0.3) is 0 Å². The summed E-state index contributed by atoms with van der Waals surface area (Å²) in [6, 6.07) is 2.98. The van der Waals surface area contributed by atoms with Gasteiger partial charge in [-0.2, -0.15) is 0 Å². The van der Waals surface area contributed by atoms with Crippen molar-refractivity contribution in [3.05, 3.63) is 22.8 Å². The van der Waals surface area contributed by atoms with Gasteiger partial charge >= 0.3 is 5.97 Å². The fourth-order valence-electron chi connectivity index (χ4n) is 2.02. The summed E-state index contributed by atoms with van der Waals surface area (Å²) in [5.74, 6) is -0.570. The van der Waals surface area contributed by atoms with Crippen LogP contribution < -0.4 is 4.90 Å². The summed E-state index contributed by atoms with van der Waals surface area (Å²) in [5, 5.41) is 9.48. The number of ether oxygens (including phenoxy) is 1. The van der Waals surface area contributed by atoms with E-state index in [9.17, 15) is 9.90 Å². The number of hydrogen-bond acceptors (Lipinski definition) is 4. The summed E-state index contributed by atoms with van der Waals surface area (Å²) in [4.78, 5) is 17.3. The zero-order valence-corrected chi connectivity index (χ0v) is 10.9. The van der Waals surface area contributed by atoms with Gasteiger partial charge in [0.05, 0.1) is 6.10 Å². The predicted molar refractivity (Wildman–Crippen MR) is 68.5 cm³/mol. The van der Waals surface area contributed by atoms with E-state index < -0.39 is 5.97 Å². The number of nitrogens with zero attached hydrogens (tertiary/aromatic N) is 2. The molecule has 1 fully saturated rings. The van der Waals surface area contributed by atoms with E-state index in [0.717, 1.165) is 13.0 Å². The Kier molecular flexibility index (Phi) is 4.04. The summed E-state index contributed by atoms with van der Waals surface area (Å²) in [6.45, 7) is 3.98. The fourth-order valence-corrected chi connectivity index (χ4v) is 2.16. The molecule has 1 unspecified atom stereocenters. The van der Waals surface area contributed by atoms with E-state index in [0.29, 0.717) is 24.1 Å². The Hall–Kier alpha value is -1.33. The SMILES string of the molecule is CC1CN(c2nc(Cl)ccc2C(=O)O)CCCO1. The standard InChI is InChI=1S/C12H15ClN2O3/c1-8-7-15(5-2-6-18-8)11-9(12(16)17)3-4-10(13)14-11/h3-4,8H,2,5-7H2,1H3,(H,16,17). The highest BCUT2D eigenvalue weighted by Crippen LogP contribution is 2.23. The lowest BCUT2D eigenvalue weighted by atomic mass is 10.2. The van der Waals surface area contributed by atoms with Crippen molar-refractivity contribution < 1.29 is 14.6 Å². The van der Waals surface area contributed by atoms with Crippen LogP contribution in [0.3, 0.4) is 0 Å². The molecular formula is C12H15ClN2O3. The number of rotatable bonds is 2. The van der Waals surface area contributed by atoms with Crippen molar-refractivity contribution >= 4 is 23.4 Å². The maximum absolute atomic E-state index is 11.2. The number of carboxylic acids is 1. The second-order valence-electron chi connectivity index (χ2n) is 4.29. The van der Waals surface area contributed by atoms with Crippen molar-refractivity contribution in [2.45, 2.75) is 19.4 Å². The second-order valence-corrected chi connectivity index (χ2v) is 4.68. The second kappa shape index (κ2) is 5.54. The van der Waals surface area contributed by atoms with Crippen molar-refractivity contribution in [1.82, 2.24) is 4.98 Å². The molecule has 2 rings (SSSR count). The van der Waals surface area contributed by atoms with Gasteiger partial charge in [-0.3, -0.25) is 0 Å². The van der Waals surface area contributed by atoms with Crippen molar-refractivity contribution in [1.29, 1.82) is 0 Å². The van der Waals surface area contributed by atoms with Gasteiger partial charge in [0.25, 0.3) is 0 Å². The van der Waals surface area contributed by atoms with Crippen LogP contribution in [0.4, 0.5) is 5.82 Å². The van der Waals surface area contributed by atoms with Crippen LogP contribution in [-0.2, 0) is 4.74 Å². The van der Waals surface area contributed by atoms with Gasteiger partial charge in [-0.1, -0.05) is 11.6 Å². The smallest absolute Gasteiger partial charge is 0.339 e. The first-order chi connectivity index (χ1) is 8.58. The molecule has 1 saturated heterocycles. The van der Waals surface area contributed by atoms with Crippen molar-refractivity contribution in [2.75, 3.05) is 24.6 Å². The Morgan fingerprint density at radius 3 is 3.11 bits per heavy atom. The molecule has 0 spiro atoms. The highest BCUT2D eigenvalue weighted by atomic mass is 35.5. The number of aromatic carboxylic acids is 1. The van der Waals surface area contributed by atoms with Crippen molar-refractivity contribution in [2.24, 2.45) is 0 Å². The van der Waals surface area contributed by atoms with Gasteiger partial charge < -0.3 is 14.7 Å². The Morgan fingerprint density at radius 2 is 2.39 bits per heavy atom. The largest absolute Gasteiger partial charge is 0.478 e. The minimum atomic E-state index is -0.994. The molecule has 1 aromatic rings. The molecule has 0 saturated carbocycles. The van der Waals surface area contributed by atoms with E-state index in [1.165, 1.54) is 12.1 Å². The molecule has 1 atom stereocenters. The van der Waals surface area contributed by atoms with Gasteiger partial charge in [-0.05, 0) is 25.5 Å². The third kappa shape index (κ3) is 2.91. The molecule has 1 N–H and O–H groups in total. The van der Waals surface area contributed by atoms with Gasteiger partial charge in [0, 0.05) is 19.7 Å². The lowest BCUT2D eigenvalue weighted by Crippen LogP contribution is -2.32. The van der Waals surface area contributed by atoms with E-state index in [1.807, 2.05) is 11.8 Å². The molecular weight excluding hydrogens is 256 g/mol. The van der Waals surface area contributed by atoms with Gasteiger partial charge in [0.1, 0.15) is 16.5 Å². The average Bonchev–Trinajstić information content (AvgIpc) is 2.53. The minimum absolute atomic E-state index is 0.0509. The highest BCUT2D eigenvalue weighted by Gasteiger charge is 2.22.